The molecule has 1 amide bonds. The number of nitrogens with zero attached hydrogens (tertiary/aromatic N) is 4. The van der Waals surface area contributed by atoms with E-state index in [4.69, 9.17) is 4.98 Å². The van der Waals surface area contributed by atoms with Crippen molar-refractivity contribution < 1.29 is 4.79 Å². The lowest BCUT2D eigenvalue weighted by Crippen LogP contribution is -2.65. The van der Waals surface area contributed by atoms with Gasteiger partial charge >= 0.3 is 0 Å². The van der Waals surface area contributed by atoms with Gasteiger partial charge in [-0.1, -0.05) is 30.3 Å². The predicted octanol–water partition coefficient (Wildman–Crippen LogP) is 2.97. The van der Waals surface area contributed by atoms with Crippen LogP contribution in [0.15, 0.2) is 42.6 Å². The molecule has 0 saturated carbocycles. The second-order valence-electron chi connectivity index (χ2n) is 8.67. The second kappa shape index (κ2) is 7.65. The third-order valence-corrected chi connectivity index (χ3v) is 6.97. The van der Waals surface area contributed by atoms with E-state index in [0.717, 1.165) is 44.1 Å². The minimum absolute atomic E-state index is 0.265. The standard InChI is InChI=1S/C23H29N5O/c1-24-21-10-11-25-23(26-21)27-14-17-13-18(15-27)20(12-16-6-3-2-4-7-16)28-19(17)8-5-9-22(28)29/h2-4,6-7,10-11,17-20H,5,8-9,12-15H2,1H3,(H,24,25,26)/t17-,18+,19+,20+/m1/s1. The summed E-state index contributed by atoms with van der Waals surface area (Å²) in [6, 6.07) is 13.2. The third-order valence-electron chi connectivity index (χ3n) is 6.97. The number of fused-ring (bicyclic) bond motifs is 4. The Balaban J connectivity index is 1.46. The number of hydrogen-bond acceptors (Lipinski definition) is 5. The Kier molecular flexibility index (Phi) is 4.86. The zero-order valence-corrected chi connectivity index (χ0v) is 17.0. The van der Waals surface area contributed by atoms with Crippen molar-refractivity contribution in [1.82, 2.24) is 14.9 Å². The van der Waals surface area contributed by atoms with E-state index in [1.54, 1.807) is 0 Å². The van der Waals surface area contributed by atoms with Gasteiger partial charge in [-0.15, -0.1) is 0 Å². The highest BCUT2D eigenvalue weighted by Crippen LogP contribution is 2.43. The molecule has 5 rings (SSSR count). The molecular formula is C23H29N5O. The lowest BCUT2D eigenvalue weighted by Gasteiger charge is -2.56. The van der Waals surface area contributed by atoms with Gasteiger partial charge in [-0.2, -0.15) is 4.98 Å². The van der Waals surface area contributed by atoms with Crippen LogP contribution in [0.4, 0.5) is 11.8 Å². The van der Waals surface area contributed by atoms with Crippen molar-refractivity contribution in [3.63, 3.8) is 0 Å². The van der Waals surface area contributed by atoms with E-state index in [9.17, 15) is 4.79 Å². The zero-order chi connectivity index (χ0) is 19.8. The highest BCUT2D eigenvalue weighted by molar-refractivity contribution is 5.78. The molecule has 1 aromatic carbocycles. The minimum Gasteiger partial charge on any atom is -0.373 e. The summed E-state index contributed by atoms with van der Waals surface area (Å²) in [6.07, 6.45) is 6.82. The monoisotopic (exact) mass is 391 g/mol. The molecule has 4 atom stereocenters. The quantitative estimate of drug-likeness (QED) is 0.868. The number of piperidine rings is 3. The Hall–Kier alpha value is -2.63. The molecule has 6 heteroatoms. The lowest BCUT2D eigenvalue weighted by atomic mass is 9.71. The van der Waals surface area contributed by atoms with Gasteiger partial charge in [-0.25, -0.2) is 4.98 Å². The summed E-state index contributed by atoms with van der Waals surface area (Å²) in [7, 11) is 1.89. The van der Waals surface area contributed by atoms with Gasteiger partial charge in [0, 0.05) is 44.8 Å². The third kappa shape index (κ3) is 3.45. The van der Waals surface area contributed by atoms with Crippen molar-refractivity contribution in [2.75, 3.05) is 30.4 Å². The number of nitrogens with one attached hydrogen (secondary N) is 1. The number of carbonyl (C=O) groups excluding carboxylic acids is 1. The van der Waals surface area contributed by atoms with Gasteiger partial charge in [0.1, 0.15) is 5.82 Å². The van der Waals surface area contributed by atoms with E-state index in [0.29, 0.717) is 30.2 Å². The summed E-state index contributed by atoms with van der Waals surface area (Å²) in [5, 5.41) is 3.12. The molecule has 2 bridgehead atoms. The first-order valence-corrected chi connectivity index (χ1v) is 10.8. The maximum atomic E-state index is 13.0. The van der Waals surface area contributed by atoms with Crippen LogP contribution in [0.5, 0.6) is 0 Å². The number of anilines is 2. The van der Waals surface area contributed by atoms with Crippen LogP contribution < -0.4 is 10.2 Å². The van der Waals surface area contributed by atoms with Gasteiger partial charge in [-0.3, -0.25) is 4.79 Å². The summed E-state index contributed by atoms with van der Waals surface area (Å²) in [5.74, 6) is 2.97. The molecule has 2 aromatic rings. The fourth-order valence-electron chi connectivity index (χ4n) is 5.70. The Morgan fingerprint density at radius 3 is 2.79 bits per heavy atom. The molecule has 152 valence electrons. The van der Waals surface area contributed by atoms with Gasteiger partial charge in [0.2, 0.25) is 11.9 Å². The molecule has 3 aliphatic rings. The summed E-state index contributed by atoms with van der Waals surface area (Å²) < 4.78 is 0. The van der Waals surface area contributed by atoms with Crippen LogP contribution in [0.1, 0.15) is 31.2 Å². The van der Waals surface area contributed by atoms with Gasteiger partial charge in [0.15, 0.2) is 0 Å². The maximum Gasteiger partial charge on any atom is 0.227 e. The SMILES string of the molecule is CNc1ccnc(N2C[C@H]3C[C@@H](C2)[C@H](Cc2ccccc2)N2C(=O)CCC[C@@H]32)n1. The molecule has 0 spiro atoms. The Morgan fingerprint density at radius 1 is 1.14 bits per heavy atom. The van der Waals surface area contributed by atoms with Crippen LogP contribution in [0.3, 0.4) is 0 Å². The van der Waals surface area contributed by atoms with E-state index in [1.807, 2.05) is 19.3 Å². The van der Waals surface area contributed by atoms with E-state index in [1.165, 1.54) is 12.0 Å². The molecule has 0 unspecified atom stereocenters. The molecule has 1 N–H and O–H groups in total. The number of hydrogen-bond donors (Lipinski definition) is 1. The first-order chi connectivity index (χ1) is 14.2. The predicted molar refractivity (Wildman–Crippen MR) is 114 cm³/mol. The van der Waals surface area contributed by atoms with Crippen molar-refractivity contribution in [3.05, 3.63) is 48.2 Å². The fraction of sp³-hybridized carbons (Fsp3) is 0.522. The highest BCUT2D eigenvalue weighted by Gasteiger charge is 2.49. The highest BCUT2D eigenvalue weighted by atomic mass is 16.2. The van der Waals surface area contributed by atoms with Crippen molar-refractivity contribution in [3.8, 4) is 0 Å². The Bertz CT molecular complexity index is 873. The average Bonchev–Trinajstić information content (AvgIpc) is 2.77. The van der Waals surface area contributed by atoms with E-state index in [-0.39, 0.29) is 6.04 Å². The molecule has 0 aliphatic carbocycles. The first-order valence-electron chi connectivity index (χ1n) is 10.8. The largest absolute Gasteiger partial charge is 0.373 e. The molecule has 4 heterocycles. The first kappa shape index (κ1) is 18.4. The Labute approximate surface area is 172 Å². The van der Waals surface area contributed by atoms with E-state index >= 15 is 0 Å². The minimum atomic E-state index is 0.265. The van der Waals surface area contributed by atoms with Crippen LogP contribution in [0.25, 0.3) is 0 Å². The molecule has 3 fully saturated rings. The molecule has 0 radical (unpaired) electrons. The lowest BCUT2D eigenvalue weighted by molar-refractivity contribution is -0.148. The van der Waals surface area contributed by atoms with Crippen LogP contribution in [-0.4, -0.2) is 53.0 Å². The van der Waals surface area contributed by atoms with Gasteiger partial charge in [0.05, 0.1) is 0 Å². The summed E-state index contributed by atoms with van der Waals surface area (Å²) in [5.41, 5.74) is 1.32. The zero-order valence-electron chi connectivity index (χ0n) is 17.0. The van der Waals surface area contributed by atoms with E-state index < -0.39 is 0 Å². The van der Waals surface area contributed by atoms with Crippen molar-refractivity contribution in [2.24, 2.45) is 11.8 Å². The van der Waals surface area contributed by atoms with Gasteiger partial charge < -0.3 is 15.1 Å². The number of aromatic nitrogens is 2. The second-order valence-corrected chi connectivity index (χ2v) is 8.67. The molecular weight excluding hydrogens is 362 g/mol. The normalized spacial score (nSPS) is 28.8. The van der Waals surface area contributed by atoms with Crippen LogP contribution in [0, 0.1) is 11.8 Å². The molecule has 3 aliphatic heterocycles. The van der Waals surface area contributed by atoms with Crippen LogP contribution in [-0.2, 0) is 11.2 Å². The summed E-state index contributed by atoms with van der Waals surface area (Å²) in [4.78, 5) is 26.9. The van der Waals surface area contributed by atoms with Crippen LogP contribution in [0.2, 0.25) is 0 Å². The fourth-order valence-corrected chi connectivity index (χ4v) is 5.70. The molecule has 1 aromatic heterocycles. The molecule has 29 heavy (non-hydrogen) atoms. The molecule has 3 saturated heterocycles. The smallest absolute Gasteiger partial charge is 0.227 e. The number of rotatable bonds is 4. The van der Waals surface area contributed by atoms with E-state index in [2.05, 4.69) is 50.4 Å². The van der Waals surface area contributed by atoms with Crippen molar-refractivity contribution in [1.29, 1.82) is 0 Å². The average molecular weight is 392 g/mol. The summed E-state index contributed by atoms with van der Waals surface area (Å²) >= 11 is 0. The van der Waals surface area contributed by atoms with Crippen molar-refractivity contribution >= 4 is 17.7 Å². The molecule has 6 nitrogen and oxygen atoms in total. The van der Waals surface area contributed by atoms with Gasteiger partial charge in [0.25, 0.3) is 0 Å². The number of benzene rings is 1. The number of amides is 1. The maximum absolute atomic E-state index is 13.0. The van der Waals surface area contributed by atoms with Crippen LogP contribution >= 0.6 is 0 Å². The summed E-state index contributed by atoms with van der Waals surface area (Å²) in [6.45, 7) is 1.85. The topological polar surface area (TPSA) is 61.4 Å². The number of carbonyl (C=O) groups is 1. The Morgan fingerprint density at radius 2 is 1.97 bits per heavy atom. The van der Waals surface area contributed by atoms with Gasteiger partial charge in [-0.05, 0) is 49.1 Å². The van der Waals surface area contributed by atoms with Crippen molar-refractivity contribution in [2.45, 2.75) is 44.2 Å².